The minimum atomic E-state index is -2.99. The molecule has 2 heterocycles. The molecule has 0 saturated carbocycles. The molecule has 0 aliphatic rings. The Morgan fingerprint density at radius 3 is 1.25 bits per heavy atom. The molecule has 6 aromatic rings. The first-order valence-corrected chi connectivity index (χ1v) is 28.2. The Morgan fingerprint density at radius 2 is 0.896 bits per heavy atom. The smallest absolute Gasteiger partial charge is 0.344 e. The van der Waals surface area contributed by atoms with Gasteiger partial charge in [0, 0.05) is 62.8 Å². The predicted octanol–water partition coefficient (Wildman–Crippen LogP) is 13.7. The highest BCUT2D eigenvalue weighted by molar-refractivity contribution is 6.80. The van der Waals surface area contributed by atoms with E-state index in [4.69, 9.17) is 31.3 Å². The Bertz CT molecular complexity index is 2490. The molecule has 0 amide bonds. The van der Waals surface area contributed by atoms with E-state index in [0.29, 0.717) is 33.8 Å². The van der Waals surface area contributed by atoms with Crippen LogP contribution in [-0.2, 0) is 25.8 Å². The van der Waals surface area contributed by atoms with Crippen molar-refractivity contribution in [2.45, 2.75) is 115 Å². The highest BCUT2D eigenvalue weighted by Gasteiger charge is 2.43. The molecule has 4 aromatic carbocycles. The van der Waals surface area contributed by atoms with Crippen molar-refractivity contribution in [2.24, 2.45) is 0 Å². The summed E-state index contributed by atoms with van der Waals surface area (Å²) in [5.41, 5.74) is 4.52. The summed E-state index contributed by atoms with van der Waals surface area (Å²) in [6.07, 6.45) is 0.776. The molecule has 360 valence electrons. The van der Waals surface area contributed by atoms with Crippen LogP contribution in [0.5, 0.6) is 11.5 Å². The molecule has 0 saturated heterocycles. The van der Waals surface area contributed by atoms with Crippen molar-refractivity contribution in [3.63, 3.8) is 0 Å². The van der Waals surface area contributed by atoms with Crippen molar-refractivity contribution in [1.29, 1.82) is 0 Å². The lowest BCUT2D eigenvalue weighted by Crippen LogP contribution is -2.51. The maximum absolute atomic E-state index is 15.0. The maximum Gasteiger partial charge on any atom is 0.344 e. The van der Waals surface area contributed by atoms with Crippen molar-refractivity contribution < 1.29 is 48.8 Å². The summed E-state index contributed by atoms with van der Waals surface area (Å²) in [6.45, 7) is 7.81. The molecule has 0 spiro atoms. The lowest BCUT2D eigenvalue weighted by molar-refractivity contribution is -0.0218. The Labute approximate surface area is 391 Å². The molecule has 0 aliphatic carbocycles. The molecule has 9 nitrogen and oxygen atoms in total. The van der Waals surface area contributed by atoms with Crippen molar-refractivity contribution >= 4 is 39.1 Å². The van der Waals surface area contributed by atoms with Gasteiger partial charge < -0.3 is 31.3 Å². The third-order valence-corrected chi connectivity index (χ3v) is 20.0. The fourth-order valence-corrected chi connectivity index (χ4v) is 15.3. The van der Waals surface area contributed by atoms with Gasteiger partial charge in [0.15, 0.2) is 0 Å². The van der Waals surface area contributed by atoms with Gasteiger partial charge in [0.25, 0.3) is 0 Å². The van der Waals surface area contributed by atoms with Gasteiger partial charge >= 0.3 is 28.4 Å². The van der Waals surface area contributed by atoms with Gasteiger partial charge in [-0.05, 0) is 122 Å². The van der Waals surface area contributed by atoms with Crippen molar-refractivity contribution in [1.82, 2.24) is 0 Å². The zero-order valence-electron chi connectivity index (χ0n) is 39.3. The first kappa shape index (κ1) is 51.3. The SMILES string of the molecule is CCc1ccc(-c2cc3ccc(OCCCC(F)(F)CCC[Si](C)(OC)O[Si](C)(CCCC(F)(F)CCCOc4ccc5cc(-c6ccc(CC)cc6)c(=O)oc5c4)OC)cc3oc2=O)cc1. The zero-order chi connectivity index (χ0) is 48.2. The van der Waals surface area contributed by atoms with Crippen LogP contribution in [0.2, 0.25) is 25.2 Å². The van der Waals surface area contributed by atoms with Gasteiger partial charge in [-0.3, -0.25) is 0 Å². The number of hydrogen-bond acceptors (Lipinski definition) is 9. The van der Waals surface area contributed by atoms with Crippen LogP contribution in [0.1, 0.15) is 76.3 Å². The van der Waals surface area contributed by atoms with E-state index in [9.17, 15) is 9.59 Å². The highest BCUT2D eigenvalue weighted by Crippen LogP contribution is 2.34. The third-order valence-electron chi connectivity index (χ3n) is 12.3. The van der Waals surface area contributed by atoms with E-state index in [0.717, 1.165) is 34.7 Å². The van der Waals surface area contributed by atoms with Crippen LogP contribution in [-0.4, -0.2) is 56.4 Å². The summed E-state index contributed by atoms with van der Waals surface area (Å²) in [7, 11) is -3.01. The molecule has 0 N–H and O–H groups in total. The number of alkyl halides is 4. The molecule has 15 heteroatoms. The molecule has 0 bridgehead atoms. The third kappa shape index (κ3) is 14.5. The van der Waals surface area contributed by atoms with Crippen LogP contribution in [0.3, 0.4) is 0 Å². The van der Waals surface area contributed by atoms with Crippen LogP contribution >= 0.6 is 0 Å². The molecule has 67 heavy (non-hydrogen) atoms. The summed E-state index contributed by atoms with van der Waals surface area (Å²) < 4.78 is 101. The van der Waals surface area contributed by atoms with E-state index in [-0.39, 0.29) is 76.7 Å². The summed E-state index contributed by atoms with van der Waals surface area (Å²) in [5.74, 6) is -5.08. The predicted molar refractivity (Wildman–Crippen MR) is 260 cm³/mol. The second kappa shape index (κ2) is 22.8. The van der Waals surface area contributed by atoms with Gasteiger partial charge in [-0.25, -0.2) is 27.2 Å². The fraction of sp³-hybridized carbons (Fsp3) is 0.423. The van der Waals surface area contributed by atoms with E-state index < -0.39 is 40.2 Å². The number of hydrogen-bond donors (Lipinski definition) is 0. The Balaban J connectivity index is 0.891. The van der Waals surface area contributed by atoms with Crippen LogP contribution < -0.4 is 20.7 Å². The summed E-state index contributed by atoms with van der Waals surface area (Å²) in [5, 5.41) is 1.43. The standard InChI is InChI=1S/C52H62F4O9Si2/c1-7-37-13-17-39(18-14-37)45-33-41-21-23-43(35-47(41)63-49(45)57)61-29-9-25-51(53,54)27-11-31-66(5,59-3)65-67(6,60-4)32-12-28-52(55,56)26-10-30-62-44-24-22-42-34-46(50(58)64-48(42)36-44)40-19-15-38(8-2)16-20-40/h13-24,33-36H,7-12,25-32H2,1-6H3. The quantitative estimate of drug-likeness (QED) is 0.0227. The highest BCUT2D eigenvalue weighted by atomic mass is 28.5. The van der Waals surface area contributed by atoms with Crippen LogP contribution in [0, 0.1) is 0 Å². The van der Waals surface area contributed by atoms with Gasteiger partial charge in [0.05, 0.1) is 24.3 Å². The summed E-state index contributed by atoms with van der Waals surface area (Å²) in [4.78, 5) is 25.6. The molecular weight excluding hydrogens is 901 g/mol. The average molecular weight is 963 g/mol. The Hall–Kier alpha value is -5.07. The maximum atomic E-state index is 15.0. The van der Waals surface area contributed by atoms with Crippen molar-refractivity contribution in [3.05, 3.63) is 129 Å². The van der Waals surface area contributed by atoms with Crippen LogP contribution in [0.25, 0.3) is 44.2 Å². The first-order chi connectivity index (χ1) is 31.9. The van der Waals surface area contributed by atoms with Crippen molar-refractivity contribution in [3.8, 4) is 33.8 Å². The molecule has 2 atom stereocenters. The number of fused-ring (bicyclic) bond motifs is 2. The van der Waals surface area contributed by atoms with Gasteiger partial charge in [0.2, 0.25) is 11.8 Å². The van der Waals surface area contributed by atoms with E-state index >= 15 is 17.6 Å². The van der Waals surface area contributed by atoms with Crippen LogP contribution in [0.15, 0.2) is 115 Å². The zero-order valence-corrected chi connectivity index (χ0v) is 41.3. The normalized spacial score (nSPS) is 14.0. The van der Waals surface area contributed by atoms with E-state index in [1.165, 1.54) is 25.3 Å². The summed E-state index contributed by atoms with van der Waals surface area (Å²) >= 11 is 0. The average Bonchev–Trinajstić information content (AvgIpc) is 3.31. The molecule has 0 fully saturated rings. The van der Waals surface area contributed by atoms with E-state index in [1.807, 2.05) is 48.5 Å². The molecule has 2 aromatic heterocycles. The monoisotopic (exact) mass is 962 g/mol. The number of halogens is 4. The van der Waals surface area contributed by atoms with Crippen molar-refractivity contribution in [2.75, 3.05) is 27.4 Å². The second-order valence-electron chi connectivity index (χ2n) is 17.5. The van der Waals surface area contributed by atoms with Gasteiger partial charge in [-0.1, -0.05) is 62.4 Å². The number of benzene rings is 4. The van der Waals surface area contributed by atoms with E-state index in [1.54, 1.807) is 61.6 Å². The Kier molecular flexibility index (Phi) is 17.5. The molecule has 0 aliphatic heterocycles. The molecule has 2 unspecified atom stereocenters. The van der Waals surface area contributed by atoms with Crippen LogP contribution in [0.4, 0.5) is 17.6 Å². The minimum absolute atomic E-state index is 0.0509. The lowest BCUT2D eigenvalue weighted by Gasteiger charge is -2.36. The fourth-order valence-electron chi connectivity index (χ4n) is 8.08. The minimum Gasteiger partial charge on any atom is -0.493 e. The lowest BCUT2D eigenvalue weighted by atomic mass is 10.0. The largest absolute Gasteiger partial charge is 0.493 e. The summed E-state index contributed by atoms with van der Waals surface area (Å²) in [6, 6.07) is 29.8. The molecular formula is C52H62F4O9Si2. The van der Waals surface area contributed by atoms with E-state index in [2.05, 4.69) is 13.8 Å². The topological polar surface area (TPSA) is 107 Å². The Morgan fingerprint density at radius 1 is 0.522 bits per heavy atom. The van der Waals surface area contributed by atoms with Gasteiger partial charge in [-0.2, -0.15) is 0 Å². The molecule has 0 radical (unpaired) electrons. The van der Waals surface area contributed by atoms with Gasteiger partial charge in [-0.15, -0.1) is 0 Å². The number of aryl methyl sites for hydroxylation is 2. The van der Waals surface area contributed by atoms with Gasteiger partial charge in [0.1, 0.15) is 22.7 Å². The first-order valence-electron chi connectivity index (χ1n) is 23.1. The number of rotatable bonds is 26. The molecule has 6 rings (SSSR count). The number of ether oxygens (including phenoxy) is 2. The second-order valence-corrected chi connectivity index (χ2v) is 24.7.